The van der Waals surface area contributed by atoms with Crippen LogP contribution < -0.4 is 11.5 Å². The summed E-state index contributed by atoms with van der Waals surface area (Å²) in [5.41, 5.74) is 12.1. The molecule has 1 aromatic rings. The van der Waals surface area contributed by atoms with Crippen LogP contribution in [0.1, 0.15) is 17.3 Å². The Balaban J connectivity index is 2.55. The van der Waals surface area contributed by atoms with Gasteiger partial charge in [-0.25, -0.2) is 9.59 Å². The molecular formula is C13H16N2O4. The van der Waals surface area contributed by atoms with E-state index in [9.17, 15) is 9.59 Å². The number of carbonyl (C=O) groups is 2. The van der Waals surface area contributed by atoms with Crippen LogP contribution in [0.2, 0.25) is 0 Å². The number of hydrogen-bond donors (Lipinski definition) is 2. The van der Waals surface area contributed by atoms with Crippen molar-refractivity contribution < 1.29 is 19.1 Å². The summed E-state index contributed by atoms with van der Waals surface area (Å²) in [6.07, 6.45) is 0.473. The van der Waals surface area contributed by atoms with E-state index >= 15 is 0 Å². The third-order valence-corrected chi connectivity index (χ3v) is 2.23. The molecule has 0 aromatic heterocycles. The van der Waals surface area contributed by atoms with Crippen molar-refractivity contribution in [3.05, 3.63) is 36.4 Å². The van der Waals surface area contributed by atoms with Crippen LogP contribution >= 0.6 is 0 Å². The van der Waals surface area contributed by atoms with E-state index in [1.807, 2.05) is 0 Å². The number of hydrogen-bond acceptors (Lipinski definition) is 6. The highest BCUT2D eigenvalue weighted by Gasteiger charge is 2.14. The molecule has 0 radical (unpaired) electrons. The quantitative estimate of drug-likeness (QED) is 0.469. The average molecular weight is 264 g/mol. The predicted molar refractivity (Wildman–Crippen MR) is 71.3 cm³/mol. The summed E-state index contributed by atoms with van der Waals surface area (Å²) < 4.78 is 9.83. The molecule has 0 aliphatic rings. The Bertz CT molecular complexity index is 499. The number of carbonyl (C=O) groups excluding carboxylic acids is 2. The van der Waals surface area contributed by atoms with Crippen LogP contribution in [0.15, 0.2) is 30.9 Å². The maximum atomic E-state index is 11.7. The van der Waals surface area contributed by atoms with Gasteiger partial charge in [0.25, 0.3) is 0 Å². The zero-order valence-corrected chi connectivity index (χ0v) is 10.6. The molecule has 0 bridgehead atoms. The zero-order chi connectivity index (χ0) is 14.4. The van der Waals surface area contributed by atoms with Gasteiger partial charge < -0.3 is 20.9 Å². The number of nitrogens with two attached hydrogens (primary N) is 2. The van der Waals surface area contributed by atoms with Gasteiger partial charge in [-0.15, -0.1) is 0 Å². The monoisotopic (exact) mass is 264 g/mol. The van der Waals surface area contributed by atoms with Crippen molar-refractivity contribution in [1.29, 1.82) is 0 Å². The number of anilines is 2. The molecule has 0 saturated carbocycles. The van der Waals surface area contributed by atoms with Crippen molar-refractivity contribution in [3.8, 4) is 0 Å². The highest BCUT2D eigenvalue weighted by molar-refractivity contribution is 5.95. The number of esters is 2. The van der Waals surface area contributed by atoms with Crippen LogP contribution in [0.25, 0.3) is 0 Å². The summed E-state index contributed by atoms with van der Waals surface area (Å²) in [6.45, 7) is 4.80. The molecule has 1 rings (SSSR count). The van der Waals surface area contributed by atoms with E-state index in [1.54, 1.807) is 13.0 Å². The highest BCUT2D eigenvalue weighted by Crippen LogP contribution is 2.16. The fourth-order valence-electron chi connectivity index (χ4n) is 1.32. The molecule has 0 amide bonds. The van der Waals surface area contributed by atoms with E-state index in [0.29, 0.717) is 5.69 Å². The van der Waals surface area contributed by atoms with Gasteiger partial charge in [0.1, 0.15) is 12.7 Å². The maximum absolute atomic E-state index is 11.7. The summed E-state index contributed by atoms with van der Waals surface area (Å²) in [5.74, 6) is -1.17. The van der Waals surface area contributed by atoms with Crippen molar-refractivity contribution in [1.82, 2.24) is 0 Å². The number of rotatable bonds is 5. The lowest BCUT2D eigenvalue weighted by Crippen LogP contribution is -2.21. The van der Waals surface area contributed by atoms with E-state index in [-0.39, 0.29) is 17.9 Å². The minimum absolute atomic E-state index is 0.0672. The average Bonchev–Trinajstić information content (AvgIpc) is 2.35. The first kappa shape index (κ1) is 14.6. The fourth-order valence-corrected chi connectivity index (χ4v) is 1.32. The number of benzene rings is 1. The van der Waals surface area contributed by atoms with Crippen LogP contribution in [0.5, 0.6) is 0 Å². The smallest absolute Gasteiger partial charge is 0.340 e. The van der Waals surface area contributed by atoms with Gasteiger partial charge in [-0.05, 0) is 25.1 Å². The maximum Gasteiger partial charge on any atom is 0.340 e. The van der Waals surface area contributed by atoms with Gasteiger partial charge in [-0.2, -0.15) is 0 Å². The van der Waals surface area contributed by atoms with Gasteiger partial charge in [0, 0.05) is 17.5 Å². The summed E-state index contributed by atoms with van der Waals surface area (Å²) in [6, 6.07) is 4.50. The van der Waals surface area contributed by atoms with Crippen molar-refractivity contribution in [2.75, 3.05) is 18.1 Å². The minimum atomic E-state index is -0.598. The van der Waals surface area contributed by atoms with Crippen molar-refractivity contribution in [2.24, 2.45) is 0 Å². The van der Waals surface area contributed by atoms with Gasteiger partial charge in [0.2, 0.25) is 0 Å². The van der Waals surface area contributed by atoms with Crippen LogP contribution in [-0.2, 0) is 14.3 Å². The second-order valence-electron chi connectivity index (χ2n) is 3.90. The SMILES string of the molecule is C=CC(=O)OC(C)COC(=O)c1ccc(N)cc1N. The molecule has 1 aromatic carbocycles. The molecule has 102 valence electrons. The molecule has 0 saturated heterocycles. The molecule has 6 nitrogen and oxygen atoms in total. The Kier molecular flexibility index (Phi) is 4.93. The van der Waals surface area contributed by atoms with Crippen molar-refractivity contribution in [2.45, 2.75) is 13.0 Å². The fraction of sp³-hybridized carbons (Fsp3) is 0.231. The van der Waals surface area contributed by atoms with Crippen LogP contribution in [0.3, 0.4) is 0 Å². The first-order valence-corrected chi connectivity index (χ1v) is 5.59. The van der Waals surface area contributed by atoms with E-state index in [4.69, 9.17) is 20.9 Å². The van der Waals surface area contributed by atoms with E-state index in [1.165, 1.54) is 12.1 Å². The molecule has 0 heterocycles. The van der Waals surface area contributed by atoms with E-state index < -0.39 is 18.0 Å². The highest BCUT2D eigenvalue weighted by atomic mass is 16.6. The Morgan fingerprint density at radius 2 is 2.11 bits per heavy atom. The van der Waals surface area contributed by atoms with Crippen LogP contribution in [-0.4, -0.2) is 24.6 Å². The Morgan fingerprint density at radius 1 is 1.42 bits per heavy atom. The van der Waals surface area contributed by atoms with Gasteiger partial charge in [0.05, 0.1) is 5.56 Å². The van der Waals surface area contributed by atoms with Gasteiger partial charge >= 0.3 is 11.9 Å². The lowest BCUT2D eigenvalue weighted by molar-refractivity contribution is -0.144. The molecule has 1 atom stereocenters. The normalized spacial score (nSPS) is 11.4. The summed E-state index contributed by atoms with van der Waals surface area (Å²) in [4.78, 5) is 22.6. The lowest BCUT2D eigenvalue weighted by Gasteiger charge is -2.13. The molecule has 0 spiro atoms. The largest absolute Gasteiger partial charge is 0.458 e. The first-order valence-electron chi connectivity index (χ1n) is 5.59. The second-order valence-corrected chi connectivity index (χ2v) is 3.90. The van der Waals surface area contributed by atoms with E-state index in [0.717, 1.165) is 6.08 Å². The van der Waals surface area contributed by atoms with Crippen LogP contribution in [0.4, 0.5) is 11.4 Å². The standard InChI is InChI=1S/C13H16N2O4/c1-3-12(16)19-8(2)7-18-13(17)10-5-4-9(14)6-11(10)15/h3-6,8H,1,7,14-15H2,2H3. The third kappa shape index (κ3) is 4.34. The second kappa shape index (κ2) is 6.44. The minimum Gasteiger partial charge on any atom is -0.458 e. The van der Waals surface area contributed by atoms with Crippen molar-refractivity contribution in [3.63, 3.8) is 0 Å². The Morgan fingerprint density at radius 3 is 2.68 bits per heavy atom. The number of nitrogen functional groups attached to an aromatic ring is 2. The first-order chi connectivity index (χ1) is 8.93. The molecule has 19 heavy (non-hydrogen) atoms. The summed E-state index contributed by atoms with van der Waals surface area (Å²) in [7, 11) is 0. The van der Waals surface area contributed by atoms with Gasteiger partial charge in [-0.3, -0.25) is 0 Å². The Hall–Kier alpha value is -2.50. The Labute approximate surface area is 111 Å². The molecule has 6 heteroatoms. The summed E-state index contributed by atoms with van der Waals surface area (Å²) in [5, 5.41) is 0. The van der Waals surface area contributed by atoms with Gasteiger partial charge in [-0.1, -0.05) is 6.58 Å². The molecule has 0 fully saturated rings. The number of ether oxygens (including phenoxy) is 2. The molecular weight excluding hydrogens is 248 g/mol. The van der Waals surface area contributed by atoms with Gasteiger partial charge in [0.15, 0.2) is 0 Å². The van der Waals surface area contributed by atoms with Crippen LogP contribution in [0, 0.1) is 0 Å². The lowest BCUT2D eigenvalue weighted by atomic mass is 10.1. The molecule has 0 aliphatic heterocycles. The topological polar surface area (TPSA) is 105 Å². The predicted octanol–water partition coefficient (Wildman–Crippen LogP) is 1.13. The third-order valence-electron chi connectivity index (χ3n) is 2.23. The molecule has 1 unspecified atom stereocenters. The van der Waals surface area contributed by atoms with Crippen molar-refractivity contribution >= 4 is 23.3 Å². The molecule has 0 aliphatic carbocycles. The zero-order valence-electron chi connectivity index (χ0n) is 10.6. The molecule has 4 N–H and O–H groups in total. The van der Waals surface area contributed by atoms with E-state index in [2.05, 4.69) is 6.58 Å². The summed E-state index contributed by atoms with van der Waals surface area (Å²) >= 11 is 0.